The molecule has 1 aliphatic heterocycles. The summed E-state index contributed by atoms with van der Waals surface area (Å²) in [4.78, 5) is 2.86. The van der Waals surface area contributed by atoms with Crippen LogP contribution in [0, 0.1) is 0 Å². The summed E-state index contributed by atoms with van der Waals surface area (Å²) in [5, 5.41) is 21.9. The summed E-state index contributed by atoms with van der Waals surface area (Å²) in [6.45, 7) is 1.07. The van der Waals surface area contributed by atoms with Gasteiger partial charge in [0.2, 0.25) is 25.9 Å². The second-order valence-corrected chi connectivity index (χ2v) is 10.1. The third kappa shape index (κ3) is 4.26. The molecule has 0 spiro atoms. The quantitative estimate of drug-likeness (QED) is 0.293. The molecule has 3 heterocycles. The fourth-order valence-electron chi connectivity index (χ4n) is 3.39. The zero-order valence-corrected chi connectivity index (χ0v) is 17.6. The van der Waals surface area contributed by atoms with Crippen LogP contribution in [0.4, 0.5) is 5.82 Å². The van der Waals surface area contributed by atoms with Gasteiger partial charge in [-0.25, -0.2) is 31.7 Å². The number of aromatic amines is 1. The smallest absolute Gasteiger partial charge is 0.242 e. The van der Waals surface area contributed by atoms with Crippen molar-refractivity contribution in [2.24, 2.45) is 5.14 Å². The highest BCUT2D eigenvalue weighted by molar-refractivity contribution is 7.92. The molecule has 3 aromatic rings. The van der Waals surface area contributed by atoms with E-state index in [0.717, 1.165) is 0 Å². The van der Waals surface area contributed by atoms with Crippen LogP contribution in [0.3, 0.4) is 0 Å². The minimum atomic E-state index is -4.55. The molecule has 1 saturated heterocycles. The van der Waals surface area contributed by atoms with Crippen LogP contribution in [0.25, 0.3) is 22.5 Å². The Morgan fingerprint density at radius 1 is 1.13 bits per heavy atom. The topological polar surface area (TPSA) is 212 Å². The third-order valence-corrected chi connectivity index (χ3v) is 7.43. The minimum Gasteiger partial charge on any atom is -0.384 e. The molecule has 7 N–H and O–H groups in total. The first kappa shape index (κ1) is 21.3. The predicted octanol–water partition coefficient (Wildman–Crippen LogP) is -1.20. The maximum Gasteiger partial charge on any atom is 0.242 e. The summed E-state index contributed by atoms with van der Waals surface area (Å²) < 4.78 is 54.0. The van der Waals surface area contributed by atoms with Crippen LogP contribution in [0.5, 0.6) is 0 Å². The number of H-pyrrole nitrogens is 1. The fraction of sp³-hybridized carbons (Fsp3) is 0.250. The lowest BCUT2D eigenvalue weighted by Crippen LogP contribution is -2.37. The predicted molar refractivity (Wildman–Crippen MR) is 110 cm³/mol. The largest absolute Gasteiger partial charge is 0.384 e. The Morgan fingerprint density at radius 2 is 1.94 bits per heavy atom. The Morgan fingerprint density at radius 3 is 2.52 bits per heavy atom. The molecule has 0 bridgehead atoms. The van der Waals surface area contributed by atoms with E-state index in [0.29, 0.717) is 30.6 Å². The first-order valence-corrected chi connectivity index (χ1v) is 12.1. The van der Waals surface area contributed by atoms with Gasteiger partial charge in [-0.2, -0.15) is 5.21 Å². The molecule has 0 unspecified atom stereocenters. The van der Waals surface area contributed by atoms with Gasteiger partial charge >= 0.3 is 0 Å². The van der Waals surface area contributed by atoms with Gasteiger partial charge in [0.1, 0.15) is 15.6 Å². The minimum absolute atomic E-state index is 0.116. The van der Waals surface area contributed by atoms with E-state index < -0.39 is 29.8 Å². The Kier molecular flexibility index (Phi) is 5.44. The van der Waals surface area contributed by atoms with E-state index in [9.17, 15) is 16.8 Å². The van der Waals surface area contributed by atoms with Crippen LogP contribution in [-0.4, -0.2) is 61.6 Å². The van der Waals surface area contributed by atoms with Crippen molar-refractivity contribution in [1.82, 2.24) is 35.6 Å². The summed E-state index contributed by atoms with van der Waals surface area (Å²) in [6, 6.07) is 5.36. The molecule has 31 heavy (non-hydrogen) atoms. The number of anilines is 1. The lowest BCUT2D eigenvalue weighted by Gasteiger charge is -2.18. The molecule has 0 radical (unpaired) electrons. The highest BCUT2D eigenvalue weighted by Crippen LogP contribution is 2.38. The fourth-order valence-corrected chi connectivity index (χ4v) is 6.26. The lowest BCUT2D eigenvalue weighted by molar-refractivity contribution is 0.555. The molecule has 0 aliphatic carbocycles. The number of pyridine rings is 1. The Balaban J connectivity index is 2.00. The summed E-state index contributed by atoms with van der Waals surface area (Å²) in [5.74, 6) is 0.112. The van der Waals surface area contributed by atoms with Crippen molar-refractivity contribution < 1.29 is 16.8 Å². The van der Waals surface area contributed by atoms with Gasteiger partial charge < -0.3 is 11.1 Å². The van der Waals surface area contributed by atoms with Crippen LogP contribution in [-0.2, 0) is 20.0 Å². The van der Waals surface area contributed by atoms with Gasteiger partial charge in [-0.3, -0.25) is 0 Å². The number of hydrogen-bond acceptors (Lipinski definition) is 10. The summed E-state index contributed by atoms with van der Waals surface area (Å²) in [5.41, 5.74) is 6.27. The zero-order valence-electron chi connectivity index (χ0n) is 16.0. The van der Waals surface area contributed by atoms with Crippen molar-refractivity contribution in [3.63, 3.8) is 0 Å². The first-order chi connectivity index (χ1) is 14.7. The van der Waals surface area contributed by atoms with Gasteiger partial charge in [0.05, 0.1) is 5.56 Å². The first-order valence-electron chi connectivity index (χ1n) is 9.05. The van der Waals surface area contributed by atoms with E-state index >= 15 is 0 Å². The molecular weight excluding hydrogens is 446 g/mol. The zero-order chi connectivity index (χ0) is 22.2. The molecule has 0 amide bonds. The van der Waals surface area contributed by atoms with Gasteiger partial charge in [0.25, 0.3) is 0 Å². The van der Waals surface area contributed by atoms with Crippen molar-refractivity contribution in [3.8, 4) is 22.5 Å². The molecular formula is C16H19N9O4S2. The van der Waals surface area contributed by atoms with Gasteiger partial charge in [-0.1, -0.05) is 6.07 Å². The number of hydrogen-bond donors (Lipinski definition) is 5. The summed E-state index contributed by atoms with van der Waals surface area (Å²) in [7, 11) is -8.79. The van der Waals surface area contributed by atoms with Crippen LogP contribution in [0.1, 0.15) is 6.42 Å². The average molecular weight is 466 g/mol. The van der Waals surface area contributed by atoms with E-state index in [1.165, 1.54) is 24.4 Å². The van der Waals surface area contributed by atoms with Gasteiger partial charge in [0, 0.05) is 24.3 Å². The number of rotatable bonds is 6. The third-order valence-electron chi connectivity index (χ3n) is 4.74. The Labute approximate surface area is 177 Å². The molecule has 2 aromatic heterocycles. The number of sulfonamides is 2. The SMILES string of the molecule is Nc1ccc(-c2ccc(S(=O)(=O)N[C@H]3CCNC3)c(S(N)(=O)=O)c2-c2nn[nH]n2)cn1. The molecule has 1 aromatic carbocycles. The van der Waals surface area contributed by atoms with E-state index in [1.54, 1.807) is 6.07 Å². The van der Waals surface area contributed by atoms with Crippen molar-refractivity contribution in [3.05, 3.63) is 30.5 Å². The maximum atomic E-state index is 13.1. The van der Waals surface area contributed by atoms with Crippen molar-refractivity contribution in [1.29, 1.82) is 0 Å². The van der Waals surface area contributed by atoms with E-state index in [4.69, 9.17) is 10.9 Å². The number of nitrogens with one attached hydrogen (secondary N) is 3. The van der Waals surface area contributed by atoms with Gasteiger partial charge in [0.15, 0.2) is 0 Å². The number of benzene rings is 1. The molecule has 1 aliphatic rings. The number of nitrogens with two attached hydrogens (primary N) is 2. The normalized spacial score (nSPS) is 17.1. The molecule has 1 atom stereocenters. The van der Waals surface area contributed by atoms with Crippen molar-refractivity contribution in [2.75, 3.05) is 18.8 Å². The lowest BCUT2D eigenvalue weighted by atomic mass is 10.0. The van der Waals surface area contributed by atoms with Crippen LogP contribution in [0.15, 0.2) is 40.3 Å². The molecule has 1 fully saturated rings. The van der Waals surface area contributed by atoms with E-state index in [1.807, 2.05) is 0 Å². The molecule has 4 rings (SSSR count). The Bertz CT molecular complexity index is 1300. The van der Waals surface area contributed by atoms with Crippen LogP contribution >= 0.6 is 0 Å². The molecule has 13 nitrogen and oxygen atoms in total. The summed E-state index contributed by atoms with van der Waals surface area (Å²) in [6.07, 6.45) is 1.98. The number of nitrogens with zero attached hydrogens (tertiary/aromatic N) is 4. The van der Waals surface area contributed by atoms with Crippen molar-refractivity contribution in [2.45, 2.75) is 22.3 Å². The summed E-state index contributed by atoms with van der Waals surface area (Å²) >= 11 is 0. The van der Waals surface area contributed by atoms with E-state index in [2.05, 4.69) is 35.6 Å². The van der Waals surface area contributed by atoms with Crippen molar-refractivity contribution >= 4 is 25.9 Å². The molecule has 15 heteroatoms. The van der Waals surface area contributed by atoms with Crippen LogP contribution in [0.2, 0.25) is 0 Å². The van der Waals surface area contributed by atoms with E-state index in [-0.39, 0.29) is 23.2 Å². The highest BCUT2D eigenvalue weighted by atomic mass is 32.2. The number of nitrogen functional groups attached to an aromatic ring is 1. The van der Waals surface area contributed by atoms with Gasteiger partial charge in [-0.05, 0) is 41.9 Å². The highest BCUT2D eigenvalue weighted by Gasteiger charge is 2.33. The maximum absolute atomic E-state index is 13.1. The van der Waals surface area contributed by atoms with Crippen LogP contribution < -0.4 is 20.9 Å². The number of primary sulfonamides is 1. The monoisotopic (exact) mass is 465 g/mol. The Hall–Kier alpha value is -2.98. The second kappa shape index (κ2) is 7.93. The number of tetrazole rings is 1. The standard InChI is InChI=1S/C16H19N9O4S2/c17-13-4-1-9(7-20-13)11-2-3-12(31(28,29)23-10-5-6-19-8-10)15(30(18,26)27)14(11)16-21-24-25-22-16/h1-4,7,10,19,23H,5-6,8H2,(H2,17,20)(H2,18,26,27)(H,21,22,24,25)/t10-/m0/s1. The van der Waals surface area contributed by atoms with Gasteiger partial charge in [-0.15, -0.1) is 10.2 Å². The molecule has 164 valence electrons. The second-order valence-electron chi connectivity index (χ2n) is 6.88. The number of aromatic nitrogens is 5. The average Bonchev–Trinajstić information content (AvgIpc) is 3.40. The molecule has 0 saturated carbocycles.